The summed E-state index contributed by atoms with van der Waals surface area (Å²) in [5.41, 5.74) is 3.77. The summed E-state index contributed by atoms with van der Waals surface area (Å²) in [6, 6.07) is 8.05. The van der Waals surface area contributed by atoms with Crippen molar-refractivity contribution in [1.29, 1.82) is 0 Å². The van der Waals surface area contributed by atoms with Crippen LogP contribution in [0, 0.1) is 0 Å². The molecular formula is C19H26N2O2S. The number of carbonyl (C=O) groups excluding carboxylic acids is 1. The molecule has 130 valence electrons. The molecule has 0 aromatic heterocycles. The van der Waals surface area contributed by atoms with E-state index in [1.807, 2.05) is 6.92 Å². The molecule has 24 heavy (non-hydrogen) atoms. The summed E-state index contributed by atoms with van der Waals surface area (Å²) in [5, 5.41) is 6.90. The van der Waals surface area contributed by atoms with Gasteiger partial charge in [0.1, 0.15) is 0 Å². The molecule has 0 saturated heterocycles. The molecule has 0 aliphatic carbocycles. The highest BCUT2D eigenvalue weighted by molar-refractivity contribution is 7.80. The Bertz CT molecular complexity index is 635. The van der Waals surface area contributed by atoms with E-state index in [-0.39, 0.29) is 12.0 Å². The summed E-state index contributed by atoms with van der Waals surface area (Å²) in [7, 11) is 0. The number of hydrogen-bond acceptors (Lipinski definition) is 3. The van der Waals surface area contributed by atoms with Gasteiger partial charge < -0.3 is 15.4 Å². The van der Waals surface area contributed by atoms with E-state index in [9.17, 15) is 4.79 Å². The van der Waals surface area contributed by atoms with Gasteiger partial charge in [-0.2, -0.15) is 0 Å². The molecule has 0 unspecified atom stereocenters. The Labute approximate surface area is 149 Å². The Morgan fingerprint density at radius 3 is 2.46 bits per heavy atom. The standard InChI is InChI=1S/C19H26N2O2S/c1-5-7-15-16(18(22)23-6-2)17(21-19(24)20-15)14-10-8-13(9-11-14)12(3)4/h8-12,17H,5-7H2,1-4H3,(H2,20,21,24)/t17-/m1/s1. The van der Waals surface area contributed by atoms with Gasteiger partial charge >= 0.3 is 5.97 Å². The van der Waals surface area contributed by atoms with Gasteiger partial charge in [0, 0.05) is 5.70 Å². The Morgan fingerprint density at radius 1 is 1.25 bits per heavy atom. The summed E-state index contributed by atoms with van der Waals surface area (Å²) >= 11 is 5.34. The van der Waals surface area contributed by atoms with Crippen molar-refractivity contribution >= 4 is 23.3 Å². The zero-order chi connectivity index (χ0) is 17.7. The Hall–Kier alpha value is -1.88. The number of rotatable bonds is 6. The van der Waals surface area contributed by atoms with Gasteiger partial charge in [-0.25, -0.2) is 4.79 Å². The third kappa shape index (κ3) is 4.15. The number of allylic oxidation sites excluding steroid dienone is 1. The molecule has 1 aliphatic rings. The van der Waals surface area contributed by atoms with Crippen molar-refractivity contribution in [2.24, 2.45) is 0 Å². The molecule has 1 aromatic rings. The smallest absolute Gasteiger partial charge is 0.338 e. The van der Waals surface area contributed by atoms with Crippen molar-refractivity contribution in [1.82, 2.24) is 10.6 Å². The molecule has 0 saturated carbocycles. The van der Waals surface area contributed by atoms with Crippen LogP contribution in [0.5, 0.6) is 0 Å². The summed E-state index contributed by atoms with van der Waals surface area (Å²) in [6.45, 7) is 8.57. The monoisotopic (exact) mass is 346 g/mol. The molecule has 0 bridgehead atoms. The molecule has 1 atom stereocenters. The molecular weight excluding hydrogens is 320 g/mol. The summed E-state index contributed by atoms with van der Waals surface area (Å²) in [4.78, 5) is 12.5. The maximum Gasteiger partial charge on any atom is 0.338 e. The highest BCUT2D eigenvalue weighted by Crippen LogP contribution is 2.30. The van der Waals surface area contributed by atoms with Crippen molar-refractivity contribution in [2.45, 2.75) is 52.5 Å². The van der Waals surface area contributed by atoms with E-state index in [0.717, 1.165) is 24.1 Å². The van der Waals surface area contributed by atoms with E-state index in [2.05, 4.69) is 55.7 Å². The lowest BCUT2D eigenvalue weighted by Crippen LogP contribution is -2.45. The van der Waals surface area contributed by atoms with Crippen LogP contribution in [-0.4, -0.2) is 17.7 Å². The molecule has 4 nitrogen and oxygen atoms in total. The molecule has 1 aliphatic heterocycles. The van der Waals surface area contributed by atoms with Crippen LogP contribution in [0.4, 0.5) is 0 Å². The van der Waals surface area contributed by atoms with E-state index in [4.69, 9.17) is 17.0 Å². The van der Waals surface area contributed by atoms with E-state index < -0.39 is 0 Å². The second-order valence-corrected chi connectivity index (χ2v) is 6.62. The largest absolute Gasteiger partial charge is 0.463 e. The number of esters is 1. The number of carbonyl (C=O) groups is 1. The minimum absolute atomic E-state index is 0.277. The average Bonchev–Trinajstić information content (AvgIpc) is 2.55. The summed E-state index contributed by atoms with van der Waals surface area (Å²) in [6.07, 6.45) is 1.68. The Morgan fingerprint density at radius 2 is 1.92 bits per heavy atom. The molecule has 5 heteroatoms. The third-order valence-corrected chi connectivity index (χ3v) is 4.31. The van der Waals surface area contributed by atoms with Gasteiger partial charge in [-0.3, -0.25) is 0 Å². The summed E-state index contributed by atoms with van der Waals surface area (Å²) < 4.78 is 5.29. The van der Waals surface area contributed by atoms with Gasteiger partial charge in [-0.1, -0.05) is 51.5 Å². The number of thiocarbonyl (C=S) groups is 1. The van der Waals surface area contributed by atoms with Crippen LogP contribution in [0.15, 0.2) is 35.5 Å². The van der Waals surface area contributed by atoms with E-state index in [1.54, 1.807) is 0 Å². The van der Waals surface area contributed by atoms with Crippen molar-refractivity contribution in [3.05, 3.63) is 46.7 Å². The predicted octanol–water partition coefficient (Wildman–Crippen LogP) is 3.95. The SMILES string of the molecule is CCCC1=C(C(=O)OCC)[C@@H](c2ccc(C(C)C)cc2)NC(=S)N1. The van der Waals surface area contributed by atoms with E-state index in [1.165, 1.54) is 5.56 Å². The normalized spacial score (nSPS) is 17.5. The van der Waals surface area contributed by atoms with Crippen LogP contribution in [-0.2, 0) is 9.53 Å². The highest BCUT2D eigenvalue weighted by Gasteiger charge is 2.31. The van der Waals surface area contributed by atoms with E-state index in [0.29, 0.717) is 23.2 Å². The molecule has 0 spiro atoms. The fraction of sp³-hybridized carbons (Fsp3) is 0.474. The van der Waals surface area contributed by atoms with Crippen molar-refractivity contribution in [2.75, 3.05) is 6.61 Å². The predicted molar refractivity (Wildman–Crippen MR) is 101 cm³/mol. The van der Waals surface area contributed by atoms with Gasteiger partial charge in [0.05, 0.1) is 18.2 Å². The second kappa shape index (κ2) is 8.29. The molecule has 1 aromatic carbocycles. The topological polar surface area (TPSA) is 50.4 Å². The van der Waals surface area contributed by atoms with Crippen LogP contribution in [0.25, 0.3) is 0 Å². The van der Waals surface area contributed by atoms with Crippen molar-refractivity contribution in [3.63, 3.8) is 0 Å². The number of ether oxygens (including phenoxy) is 1. The molecule has 2 rings (SSSR count). The molecule has 1 heterocycles. The maximum atomic E-state index is 12.5. The van der Waals surface area contributed by atoms with Gasteiger partial charge in [-0.05, 0) is 42.6 Å². The minimum Gasteiger partial charge on any atom is -0.463 e. The van der Waals surface area contributed by atoms with Gasteiger partial charge in [-0.15, -0.1) is 0 Å². The Kier molecular flexibility index (Phi) is 6.37. The van der Waals surface area contributed by atoms with E-state index >= 15 is 0 Å². The number of nitrogens with one attached hydrogen (secondary N) is 2. The lowest BCUT2D eigenvalue weighted by Gasteiger charge is -2.31. The van der Waals surface area contributed by atoms with Crippen LogP contribution in [0.2, 0.25) is 0 Å². The first-order valence-corrected chi connectivity index (χ1v) is 8.96. The first-order valence-electron chi connectivity index (χ1n) is 8.55. The highest BCUT2D eigenvalue weighted by atomic mass is 32.1. The lowest BCUT2D eigenvalue weighted by atomic mass is 9.92. The first-order chi connectivity index (χ1) is 11.5. The van der Waals surface area contributed by atoms with Gasteiger partial charge in [0.25, 0.3) is 0 Å². The quantitative estimate of drug-likeness (QED) is 0.603. The van der Waals surface area contributed by atoms with Crippen LogP contribution >= 0.6 is 12.2 Å². The molecule has 0 radical (unpaired) electrons. The van der Waals surface area contributed by atoms with Crippen LogP contribution in [0.1, 0.15) is 63.6 Å². The molecule has 2 N–H and O–H groups in total. The van der Waals surface area contributed by atoms with Crippen LogP contribution < -0.4 is 10.6 Å². The zero-order valence-electron chi connectivity index (χ0n) is 14.8. The second-order valence-electron chi connectivity index (χ2n) is 6.22. The van der Waals surface area contributed by atoms with Crippen molar-refractivity contribution < 1.29 is 9.53 Å². The number of benzene rings is 1. The molecule has 0 amide bonds. The average molecular weight is 346 g/mol. The maximum absolute atomic E-state index is 12.5. The zero-order valence-corrected chi connectivity index (χ0v) is 15.6. The summed E-state index contributed by atoms with van der Waals surface area (Å²) in [5.74, 6) is 0.179. The fourth-order valence-electron chi connectivity index (χ4n) is 2.84. The minimum atomic E-state index is -0.290. The van der Waals surface area contributed by atoms with Crippen molar-refractivity contribution in [3.8, 4) is 0 Å². The number of hydrogen-bond donors (Lipinski definition) is 2. The molecule has 0 fully saturated rings. The third-order valence-electron chi connectivity index (χ3n) is 4.09. The van der Waals surface area contributed by atoms with Crippen LogP contribution in [0.3, 0.4) is 0 Å². The van der Waals surface area contributed by atoms with Gasteiger partial charge in [0.2, 0.25) is 0 Å². The lowest BCUT2D eigenvalue weighted by molar-refractivity contribution is -0.139. The first kappa shape index (κ1) is 18.5. The fourth-order valence-corrected chi connectivity index (χ4v) is 3.08. The Balaban J connectivity index is 2.44. The van der Waals surface area contributed by atoms with Gasteiger partial charge in [0.15, 0.2) is 5.11 Å².